The lowest BCUT2D eigenvalue weighted by Crippen LogP contribution is -2.67. The number of fused-ring (bicyclic) bond motifs is 2. The van der Waals surface area contributed by atoms with Crippen LogP contribution in [0.4, 0.5) is 13.2 Å². The molecule has 32 heavy (non-hydrogen) atoms. The van der Waals surface area contributed by atoms with Crippen molar-refractivity contribution in [3.63, 3.8) is 0 Å². The predicted octanol–water partition coefficient (Wildman–Crippen LogP) is 4.97. The number of benzene rings is 1. The van der Waals surface area contributed by atoms with E-state index in [2.05, 4.69) is 19.2 Å². The van der Waals surface area contributed by atoms with Crippen molar-refractivity contribution in [3.05, 3.63) is 35.9 Å². The lowest BCUT2D eigenvalue weighted by molar-refractivity contribution is -0.266. The summed E-state index contributed by atoms with van der Waals surface area (Å²) in [5.41, 5.74) is -4.24. The molecule has 0 radical (unpaired) electrons. The van der Waals surface area contributed by atoms with Crippen molar-refractivity contribution in [2.24, 2.45) is 23.2 Å². The molecule has 3 aliphatic carbocycles. The molecule has 8 atom stereocenters. The Morgan fingerprint density at radius 1 is 1.16 bits per heavy atom. The van der Waals surface area contributed by atoms with E-state index in [9.17, 15) is 18.0 Å². The van der Waals surface area contributed by atoms with Crippen molar-refractivity contribution in [1.29, 1.82) is 0 Å². The zero-order chi connectivity index (χ0) is 23.2. The van der Waals surface area contributed by atoms with Gasteiger partial charge >= 0.3 is 6.18 Å². The predicted molar refractivity (Wildman–Crippen MR) is 113 cm³/mol. The summed E-state index contributed by atoms with van der Waals surface area (Å²) in [6.45, 7) is 6.40. The monoisotopic (exact) mass is 451 g/mol. The van der Waals surface area contributed by atoms with E-state index in [-0.39, 0.29) is 22.8 Å². The van der Waals surface area contributed by atoms with E-state index in [1.165, 1.54) is 24.3 Å². The highest BCUT2D eigenvalue weighted by atomic mass is 19.4. The molecular formula is C25H32F3NO3. The van der Waals surface area contributed by atoms with Gasteiger partial charge in [-0.2, -0.15) is 13.2 Å². The van der Waals surface area contributed by atoms with Crippen LogP contribution in [0.15, 0.2) is 30.3 Å². The van der Waals surface area contributed by atoms with E-state index in [0.717, 1.165) is 39.2 Å². The quantitative estimate of drug-likeness (QED) is 0.703. The molecule has 1 aromatic rings. The van der Waals surface area contributed by atoms with Crippen molar-refractivity contribution < 1.29 is 27.4 Å². The van der Waals surface area contributed by atoms with Crippen molar-refractivity contribution in [2.45, 2.75) is 81.9 Å². The van der Waals surface area contributed by atoms with Crippen LogP contribution in [0, 0.1) is 23.2 Å². The van der Waals surface area contributed by atoms with Gasteiger partial charge in [0.25, 0.3) is 11.5 Å². The third-order valence-corrected chi connectivity index (χ3v) is 9.69. The van der Waals surface area contributed by atoms with Gasteiger partial charge in [0.15, 0.2) is 0 Å². The molecule has 1 spiro atoms. The summed E-state index contributed by atoms with van der Waals surface area (Å²) < 4.78 is 55.1. The molecule has 4 nitrogen and oxygen atoms in total. The van der Waals surface area contributed by atoms with Crippen LogP contribution in [0.3, 0.4) is 0 Å². The fourth-order valence-electron chi connectivity index (χ4n) is 8.11. The summed E-state index contributed by atoms with van der Waals surface area (Å²) in [4.78, 5) is 13.5. The molecule has 0 unspecified atom stereocenters. The topological polar surface area (TPSA) is 47.6 Å². The molecule has 1 saturated heterocycles. The first kappa shape index (κ1) is 22.2. The van der Waals surface area contributed by atoms with Gasteiger partial charge in [0.2, 0.25) is 0 Å². The van der Waals surface area contributed by atoms with E-state index in [1.807, 2.05) is 6.92 Å². The van der Waals surface area contributed by atoms with Gasteiger partial charge < -0.3 is 14.8 Å². The van der Waals surface area contributed by atoms with E-state index in [0.29, 0.717) is 5.92 Å². The summed E-state index contributed by atoms with van der Waals surface area (Å²) in [5, 5.41) is 2.84. The standard InChI is InChI=1S/C25H32F3NO3/c1-15-10-11-18-22(3)19(17-14-23(15,18)13-12-21(17,2)32-22)29-20(30)24(31-4,25(26,27)28)16-8-6-5-7-9-16/h5-9,15,17-19H,10-14H2,1-4H3,(H,29,30)/t15-,17+,18-,19+,21-,22-,23+,24+/m1/s1. The number of hydrogen-bond donors (Lipinski definition) is 1. The number of carbonyl (C=O) groups excluding carboxylic acids is 1. The molecule has 7 heteroatoms. The Morgan fingerprint density at radius 3 is 2.47 bits per heavy atom. The van der Waals surface area contributed by atoms with Gasteiger partial charge in [-0.15, -0.1) is 0 Å². The number of alkyl halides is 3. The average Bonchev–Trinajstić information content (AvgIpc) is 3.09. The number of rotatable bonds is 4. The van der Waals surface area contributed by atoms with Crippen molar-refractivity contribution >= 4 is 5.91 Å². The molecule has 1 aliphatic heterocycles. The Labute approximate surface area is 187 Å². The Morgan fingerprint density at radius 2 is 1.84 bits per heavy atom. The van der Waals surface area contributed by atoms with E-state index in [1.54, 1.807) is 6.07 Å². The fourth-order valence-corrected chi connectivity index (χ4v) is 8.11. The Balaban J connectivity index is 1.55. The molecule has 1 aromatic carbocycles. The van der Waals surface area contributed by atoms with E-state index >= 15 is 0 Å². The van der Waals surface area contributed by atoms with Crippen molar-refractivity contribution in [3.8, 4) is 0 Å². The lowest BCUT2D eigenvalue weighted by atomic mass is 9.49. The Kier molecular flexibility index (Phi) is 4.66. The van der Waals surface area contributed by atoms with E-state index in [4.69, 9.17) is 9.47 Å². The molecular weight excluding hydrogens is 419 g/mol. The summed E-state index contributed by atoms with van der Waals surface area (Å²) in [5.74, 6) is -0.377. The SMILES string of the molecule is CO[C@](C(=O)N[C@H]1[C@@H]2C[C@]34CC[C@@]2(C)O[C@]1(C)[C@H]3CC[C@H]4C)(c1ccccc1)C(F)(F)F. The summed E-state index contributed by atoms with van der Waals surface area (Å²) >= 11 is 0. The molecule has 1 N–H and O–H groups in total. The summed E-state index contributed by atoms with van der Waals surface area (Å²) in [6.07, 6.45) is 0.0366. The maximum Gasteiger partial charge on any atom is 0.430 e. The van der Waals surface area contributed by atoms with Crippen LogP contribution in [-0.2, 0) is 19.9 Å². The molecule has 3 saturated carbocycles. The second kappa shape index (κ2) is 6.72. The Hall–Kier alpha value is -1.60. The van der Waals surface area contributed by atoms with Crippen LogP contribution in [-0.4, -0.2) is 36.4 Å². The number of halogens is 3. The van der Waals surface area contributed by atoms with Crippen molar-refractivity contribution in [2.75, 3.05) is 7.11 Å². The van der Waals surface area contributed by atoms with Crippen LogP contribution in [0.1, 0.15) is 58.4 Å². The van der Waals surface area contributed by atoms with Crippen LogP contribution >= 0.6 is 0 Å². The highest BCUT2D eigenvalue weighted by Crippen LogP contribution is 2.72. The highest BCUT2D eigenvalue weighted by Gasteiger charge is 2.75. The number of carbonyl (C=O) groups is 1. The van der Waals surface area contributed by atoms with Crippen LogP contribution in [0.5, 0.6) is 0 Å². The van der Waals surface area contributed by atoms with Gasteiger partial charge in [0.1, 0.15) is 0 Å². The van der Waals surface area contributed by atoms with Gasteiger partial charge in [0.05, 0.1) is 17.2 Å². The minimum Gasteiger partial charge on any atom is -0.366 e. The second-order valence-electron chi connectivity index (χ2n) is 10.9. The molecule has 1 heterocycles. The van der Waals surface area contributed by atoms with Gasteiger partial charge in [0, 0.05) is 18.6 Å². The maximum atomic E-state index is 14.4. The van der Waals surface area contributed by atoms with Crippen LogP contribution in [0.2, 0.25) is 0 Å². The number of amides is 1. The first-order valence-corrected chi connectivity index (χ1v) is 11.6. The zero-order valence-corrected chi connectivity index (χ0v) is 19.1. The number of methoxy groups -OCH3 is 1. The normalized spacial score (nSPS) is 44.2. The molecule has 0 aromatic heterocycles. The Bertz CT molecular complexity index is 923. The minimum atomic E-state index is -4.92. The fraction of sp³-hybridized carbons (Fsp3) is 0.720. The summed E-state index contributed by atoms with van der Waals surface area (Å²) in [7, 11) is 0.949. The smallest absolute Gasteiger partial charge is 0.366 e. The van der Waals surface area contributed by atoms with Crippen LogP contribution in [0.25, 0.3) is 0 Å². The van der Waals surface area contributed by atoms with Crippen LogP contribution < -0.4 is 5.32 Å². The molecule has 1 amide bonds. The second-order valence-corrected chi connectivity index (χ2v) is 10.9. The summed E-state index contributed by atoms with van der Waals surface area (Å²) in [6, 6.07) is 6.69. The molecule has 4 fully saturated rings. The van der Waals surface area contributed by atoms with Gasteiger partial charge in [-0.05, 0) is 63.2 Å². The molecule has 5 rings (SSSR count). The lowest BCUT2D eigenvalue weighted by Gasteiger charge is -2.55. The number of hydrogen-bond acceptors (Lipinski definition) is 3. The molecule has 176 valence electrons. The zero-order valence-electron chi connectivity index (χ0n) is 19.1. The number of nitrogens with one attached hydrogen (secondary N) is 1. The van der Waals surface area contributed by atoms with E-state index < -0.39 is 34.9 Å². The van der Waals surface area contributed by atoms with Crippen molar-refractivity contribution in [1.82, 2.24) is 5.32 Å². The highest BCUT2D eigenvalue weighted by molar-refractivity contribution is 5.88. The third kappa shape index (κ3) is 2.55. The van der Waals surface area contributed by atoms with Gasteiger partial charge in [-0.1, -0.05) is 37.3 Å². The maximum absolute atomic E-state index is 14.4. The number of ether oxygens (including phenoxy) is 2. The third-order valence-electron chi connectivity index (χ3n) is 9.69. The van der Waals surface area contributed by atoms with Gasteiger partial charge in [-0.25, -0.2) is 0 Å². The molecule has 4 aliphatic rings. The first-order valence-electron chi connectivity index (χ1n) is 11.6. The first-order chi connectivity index (χ1) is 14.9. The van der Waals surface area contributed by atoms with Gasteiger partial charge in [-0.3, -0.25) is 4.79 Å². The molecule has 3 bridgehead atoms. The average molecular weight is 452 g/mol. The minimum absolute atomic E-state index is 0.0134. The largest absolute Gasteiger partial charge is 0.430 e.